The first-order valence-corrected chi connectivity index (χ1v) is 12.2. The quantitative estimate of drug-likeness (QED) is 0.549. The Morgan fingerprint density at radius 1 is 1.27 bits per heavy atom. The van der Waals surface area contributed by atoms with Crippen molar-refractivity contribution in [1.29, 1.82) is 0 Å². The molecule has 1 amide bonds. The fourth-order valence-corrected chi connectivity index (χ4v) is 6.60. The molecule has 4 rings (SSSR count). The van der Waals surface area contributed by atoms with Crippen molar-refractivity contribution in [1.82, 2.24) is 14.7 Å². The number of hydrogen-bond donors (Lipinski definition) is 1. The number of amides is 1. The van der Waals surface area contributed by atoms with Crippen molar-refractivity contribution in [2.45, 2.75) is 24.1 Å². The predicted molar refractivity (Wildman–Crippen MR) is 119 cm³/mol. The molecule has 0 aliphatic carbocycles. The second kappa shape index (κ2) is 8.60. The number of carbonyl (C=O) groups excluding carboxylic acids is 2. The average molecular weight is 493 g/mol. The molecular formula is C21H21FN4O5S2. The molecule has 0 fully saturated rings. The summed E-state index contributed by atoms with van der Waals surface area (Å²) in [6, 6.07) is 5.57. The number of fused-ring (bicyclic) bond motifs is 1. The van der Waals surface area contributed by atoms with Gasteiger partial charge in [-0.15, -0.1) is 11.3 Å². The van der Waals surface area contributed by atoms with Crippen molar-refractivity contribution in [3.63, 3.8) is 0 Å². The monoisotopic (exact) mass is 492 g/mol. The summed E-state index contributed by atoms with van der Waals surface area (Å²) in [7, 11) is -1.39. The SMILES string of the molecule is COC(=O)c1c(S(=O)(=O)Nc2ccc(C)c(F)c2)sc2c1CCN(C(=O)c1ccnn1C)C2. The van der Waals surface area contributed by atoms with Gasteiger partial charge in [0.1, 0.15) is 11.5 Å². The Hall–Kier alpha value is -3.25. The summed E-state index contributed by atoms with van der Waals surface area (Å²) < 4.78 is 48.7. The molecular weight excluding hydrogens is 471 g/mol. The molecule has 33 heavy (non-hydrogen) atoms. The lowest BCUT2D eigenvalue weighted by Gasteiger charge is -2.27. The maximum atomic E-state index is 13.9. The number of anilines is 1. The van der Waals surface area contributed by atoms with Crippen molar-refractivity contribution < 1.29 is 27.1 Å². The Morgan fingerprint density at radius 3 is 2.67 bits per heavy atom. The van der Waals surface area contributed by atoms with Gasteiger partial charge in [-0.2, -0.15) is 5.10 Å². The molecule has 0 saturated heterocycles. The summed E-state index contributed by atoms with van der Waals surface area (Å²) >= 11 is 0.900. The van der Waals surface area contributed by atoms with E-state index in [9.17, 15) is 22.4 Å². The van der Waals surface area contributed by atoms with Gasteiger partial charge in [0.15, 0.2) is 4.21 Å². The van der Waals surface area contributed by atoms with Crippen LogP contribution < -0.4 is 4.72 Å². The van der Waals surface area contributed by atoms with Crippen LogP contribution in [0.15, 0.2) is 34.7 Å². The number of rotatable bonds is 5. The third kappa shape index (κ3) is 4.23. The molecule has 0 bridgehead atoms. The van der Waals surface area contributed by atoms with Crippen LogP contribution in [-0.2, 0) is 34.8 Å². The maximum absolute atomic E-state index is 13.9. The number of nitrogens with zero attached hydrogens (tertiary/aromatic N) is 3. The van der Waals surface area contributed by atoms with Crippen molar-refractivity contribution in [2.75, 3.05) is 18.4 Å². The number of ether oxygens (including phenoxy) is 1. The lowest BCUT2D eigenvalue weighted by molar-refractivity contribution is 0.0595. The number of aryl methyl sites for hydroxylation is 2. The van der Waals surface area contributed by atoms with Crippen molar-refractivity contribution in [3.05, 3.63) is 63.5 Å². The lowest BCUT2D eigenvalue weighted by atomic mass is 10.0. The molecule has 9 nitrogen and oxygen atoms in total. The molecule has 0 radical (unpaired) electrons. The highest BCUT2D eigenvalue weighted by Gasteiger charge is 2.35. The van der Waals surface area contributed by atoms with E-state index in [0.29, 0.717) is 28.2 Å². The number of methoxy groups -OCH3 is 1. The molecule has 3 aromatic rings. The fourth-order valence-electron chi connectivity index (χ4n) is 3.65. The smallest absolute Gasteiger partial charge is 0.340 e. The number of benzene rings is 1. The van der Waals surface area contributed by atoms with Crippen molar-refractivity contribution in [3.8, 4) is 0 Å². The van der Waals surface area contributed by atoms with Crippen LogP contribution in [0.2, 0.25) is 0 Å². The minimum absolute atomic E-state index is 0.0355. The normalized spacial score (nSPS) is 13.5. The Kier molecular flexibility index (Phi) is 5.97. The van der Waals surface area contributed by atoms with E-state index in [4.69, 9.17) is 4.74 Å². The van der Waals surface area contributed by atoms with E-state index in [0.717, 1.165) is 17.4 Å². The number of halogens is 1. The standard InChI is InChI=1S/C21H21FN4O5S2/c1-12-4-5-13(10-15(12)22)24-33(29,30)21-18(20(28)31-3)14-7-9-26(11-17(14)32-21)19(27)16-6-8-23-25(16)2/h4-6,8,10,24H,7,9,11H2,1-3H3. The van der Waals surface area contributed by atoms with Gasteiger partial charge in [0.2, 0.25) is 0 Å². The highest BCUT2D eigenvalue weighted by Crippen LogP contribution is 2.37. The zero-order chi connectivity index (χ0) is 23.9. The number of carbonyl (C=O) groups is 2. The van der Waals surface area contributed by atoms with E-state index >= 15 is 0 Å². The van der Waals surface area contributed by atoms with Gasteiger partial charge < -0.3 is 9.64 Å². The number of nitrogens with one attached hydrogen (secondary N) is 1. The van der Waals surface area contributed by atoms with E-state index in [-0.39, 0.29) is 34.3 Å². The summed E-state index contributed by atoms with van der Waals surface area (Å²) in [5, 5.41) is 4.01. The van der Waals surface area contributed by atoms with Crippen LogP contribution in [0, 0.1) is 12.7 Å². The van der Waals surface area contributed by atoms with E-state index in [1.165, 1.54) is 30.1 Å². The van der Waals surface area contributed by atoms with E-state index in [1.807, 2.05) is 0 Å². The molecule has 0 unspecified atom stereocenters. The van der Waals surface area contributed by atoms with E-state index in [2.05, 4.69) is 9.82 Å². The summed E-state index contributed by atoms with van der Waals surface area (Å²) in [5.74, 6) is -1.58. The van der Waals surface area contributed by atoms with Gasteiger partial charge in [-0.05, 0) is 42.7 Å². The van der Waals surface area contributed by atoms with Crippen LogP contribution in [0.4, 0.5) is 10.1 Å². The van der Waals surface area contributed by atoms with Gasteiger partial charge in [0.05, 0.1) is 24.9 Å². The van der Waals surface area contributed by atoms with Crippen molar-refractivity contribution >= 4 is 38.9 Å². The van der Waals surface area contributed by atoms with Crippen LogP contribution in [0.5, 0.6) is 0 Å². The summed E-state index contributed by atoms with van der Waals surface area (Å²) in [6.45, 7) is 2.01. The topological polar surface area (TPSA) is 111 Å². The number of esters is 1. The van der Waals surface area contributed by atoms with Gasteiger partial charge in [-0.1, -0.05) is 6.07 Å². The van der Waals surface area contributed by atoms with Gasteiger partial charge in [-0.3, -0.25) is 14.2 Å². The first-order chi connectivity index (χ1) is 15.6. The number of hydrogen-bond acceptors (Lipinski definition) is 7. The third-order valence-electron chi connectivity index (χ3n) is 5.41. The van der Waals surface area contributed by atoms with Crippen LogP contribution in [0.3, 0.4) is 0 Å². The van der Waals surface area contributed by atoms with Crippen LogP contribution >= 0.6 is 11.3 Å². The Morgan fingerprint density at radius 2 is 2.03 bits per heavy atom. The number of sulfonamides is 1. The summed E-state index contributed by atoms with van der Waals surface area (Å²) in [5.41, 5.74) is 1.30. The average Bonchev–Trinajstić information content (AvgIpc) is 3.38. The first-order valence-electron chi connectivity index (χ1n) is 9.91. The van der Waals surface area contributed by atoms with Crippen LogP contribution in [0.1, 0.15) is 36.9 Å². The molecule has 0 atom stereocenters. The first kappa shape index (κ1) is 22.9. The molecule has 0 saturated carbocycles. The van der Waals surface area contributed by atoms with Gasteiger partial charge >= 0.3 is 5.97 Å². The molecule has 1 N–H and O–H groups in total. The minimum atomic E-state index is -4.23. The lowest BCUT2D eigenvalue weighted by Crippen LogP contribution is -2.36. The predicted octanol–water partition coefficient (Wildman–Crippen LogP) is 2.72. The molecule has 174 valence electrons. The van der Waals surface area contributed by atoms with Gasteiger partial charge in [0.25, 0.3) is 15.9 Å². The third-order valence-corrected chi connectivity index (χ3v) is 8.53. The Bertz CT molecular complexity index is 1360. The summed E-state index contributed by atoms with van der Waals surface area (Å²) in [6.07, 6.45) is 1.81. The molecule has 0 spiro atoms. The highest BCUT2D eigenvalue weighted by atomic mass is 32.2. The molecule has 2 aromatic heterocycles. The highest BCUT2D eigenvalue weighted by molar-refractivity contribution is 7.94. The molecule has 3 heterocycles. The van der Waals surface area contributed by atoms with Gasteiger partial charge in [-0.25, -0.2) is 17.6 Å². The molecule has 1 aliphatic heterocycles. The largest absolute Gasteiger partial charge is 0.465 e. The zero-order valence-electron chi connectivity index (χ0n) is 18.1. The summed E-state index contributed by atoms with van der Waals surface area (Å²) in [4.78, 5) is 27.6. The van der Waals surface area contributed by atoms with Crippen LogP contribution in [-0.4, -0.2) is 48.6 Å². The van der Waals surface area contributed by atoms with E-state index < -0.39 is 21.8 Å². The van der Waals surface area contributed by atoms with Crippen molar-refractivity contribution in [2.24, 2.45) is 7.05 Å². The fraction of sp³-hybridized carbons (Fsp3) is 0.286. The van der Waals surface area contributed by atoms with Crippen LogP contribution in [0.25, 0.3) is 0 Å². The zero-order valence-corrected chi connectivity index (χ0v) is 19.7. The second-order valence-corrected chi connectivity index (χ2v) is 10.5. The minimum Gasteiger partial charge on any atom is -0.465 e. The molecule has 1 aromatic carbocycles. The molecule has 12 heteroatoms. The number of thiophene rings is 1. The Balaban J connectivity index is 1.70. The Labute approximate surface area is 193 Å². The number of aromatic nitrogens is 2. The van der Waals surface area contributed by atoms with Gasteiger partial charge in [0, 0.05) is 24.7 Å². The van der Waals surface area contributed by atoms with E-state index in [1.54, 1.807) is 24.9 Å². The molecule has 1 aliphatic rings. The second-order valence-electron chi connectivity index (χ2n) is 7.54. The maximum Gasteiger partial charge on any atom is 0.340 e.